The first-order valence-electron chi connectivity index (χ1n) is 5.89. The Morgan fingerprint density at radius 3 is 2.67 bits per heavy atom. The lowest BCUT2D eigenvalue weighted by molar-refractivity contribution is -0.138. The van der Waals surface area contributed by atoms with E-state index in [0.717, 1.165) is 12.5 Å². The van der Waals surface area contributed by atoms with Gasteiger partial charge in [-0.2, -0.15) is 0 Å². The summed E-state index contributed by atoms with van der Waals surface area (Å²) in [4.78, 5) is 10.4. The lowest BCUT2D eigenvalue weighted by Gasteiger charge is -2.10. The van der Waals surface area contributed by atoms with Crippen molar-refractivity contribution in [2.75, 3.05) is 13.1 Å². The summed E-state index contributed by atoms with van der Waals surface area (Å²) in [5, 5.41) is 11.8. The SMILES string of the molecule is NC(CCNCCC1CCCC1)C(=O)O. The summed E-state index contributed by atoms with van der Waals surface area (Å²) in [6.45, 7) is 1.71. The van der Waals surface area contributed by atoms with Crippen molar-refractivity contribution in [3.63, 3.8) is 0 Å². The number of aliphatic carboxylic acids is 1. The van der Waals surface area contributed by atoms with Gasteiger partial charge in [0.15, 0.2) is 0 Å². The van der Waals surface area contributed by atoms with Crippen LogP contribution in [0.25, 0.3) is 0 Å². The van der Waals surface area contributed by atoms with E-state index in [1.54, 1.807) is 0 Å². The van der Waals surface area contributed by atoms with E-state index in [1.807, 2.05) is 0 Å². The second kappa shape index (κ2) is 6.80. The zero-order valence-corrected chi connectivity index (χ0v) is 9.24. The zero-order valence-electron chi connectivity index (χ0n) is 9.24. The normalized spacial score (nSPS) is 19.3. The molecule has 0 bridgehead atoms. The predicted octanol–water partition coefficient (Wildman–Crippen LogP) is 0.958. The van der Waals surface area contributed by atoms with Crippen molar-refractivity contribution in [3.8, 4) is 0 Å². The molecule has 0 aromatic heterocycles. The molecule has 88 valence electrons. The molecule has 1 atom stereocenters. The maximum Gasteiger partial charge on any atom is 0.320 e. The molecule has 0 aromatic carbocycles. The highest BCUT2D eigenvalue weighted by Gasteiger charge is 2.14. The fourth-order valence-electron chi connectivity index (χ4n) is 2.11. The Balaban J connectivity index is 1.90. The van der Waals surface area contributed by atoms with Gasteiger partial charge >= 0.3 is 5.97 Å². The standard InChI is InChI=1S/C11H22N2O2/c12-10(11(14)15)6-8-13-7-5-9-3-1-2-4-9/h9-10,13H,1-8,12H2,(H,14,15). The smallest absolute Gasteiger partial charge is 0.320 e. The number of rotatable bonds is 7. The van der Waals surface area contributed by atoms with E-state index in [2.05, 4.69) is 5.32 Å². The van der Waals surface area contributed by atoms with Crippen LogP contribution in [0.2, 0.25) is 0 Å². The molecule has 0 spiro atoms. The van der Waals surface area contributed by atoms with Crippen molar-refractivity contribution in [2.45, 2.75) is 44.6 Å². The summed E-state index contributed by atoms with van der Waals surface area (Å²) in [6.07, 6.45) is 7.25. The number of hydrogen-bond acceptors (Lipinski definition) is 3. The first kappa shape index (κ1) is 12.5. The third-order valence-electron chi connectivity index (χ3n) is 3.15. The minimum absolute atomic E-state index is 0.514. The number of carboxylic acid groups (broad SMARTS) is 1. The average Bonchev–Trinajstić information content (AvgIpc) is 2.69. The number of nitrogens with two attached hydrogens (primary N) is 1. The Labute approximate surface area is 91.2 Å². The molecule has 1 aliphatic carbocycles. The van der Waals surface area contributed by atoms with Crippen LogP contribution in [0, 0.1) is 5.92 Å². The van der Waals surface area contributed by atoms with Gasteiger partial charge in [-0.05, 0) is 31.8 Å². The van der Waals surface area contributed by atoms with Crippen molar-refractivity contribution in [2.24, 2.45) is 11.7 Å². The minimum Gasteiger partial charge on any atom is -0.480 e. The molecule has 4 heteroatoms. The monoisotopic (exact) mass is 214 g/mol. The molecular weight excluding hydrogens is 192 g/mol. The van der Waals surface area contributed by atoms with Crippen molar-refractivity contribution in [3.05, 3.63) is 0 Å². The second-order valence-electron chi connectivity index (χ2n) is 4.42. The number of hydrogen-bond donors (Lipinski definition) is 3. The highest BCUT2D eigenvalue weighted by molar-refractivity contribution is 5.72. The van der Waals surface area contributed by atoms with Crippen LogP contribution >= 0.6 is 0 Å². The van der Waals surface area contributed by atoms with Gasteiger partial charge < -0.3 is 16.2 Å². The Morgan fingerprint density at radius 1 is 1.40 bits per heavy atom. The Bertz CT molecular complexity index is 191. The van der Waals surface area contributed by atoms with Gasteiger partial charge in [-0.25, -0.2) is 0 Å². The van der Waals surface area contributed by atoms with Crippen LogP contribution in [0.1, 0.15) is 38.5 Å². The largest absolute Gasteiger partial charge is 0.480 e. The van der Waals surface area contributed by atoms with Crippen LogP contribution in [0.5, 0.6) is 0 Å². The molecule has 1 saturated carbocycles. The van der Waals surface area contributed by atoms with E-state index in [-0.39, 0.29) is 0 Å². The molecule has 1 unspecified atom stereocenters. The van der Waals surface area contributed by atoms with Gasteiger partial charge in [0.25, 0.3) is 0 Å². The van der Waals surface area contributed by atoms with Crippen LogP contribution in [-0.2, 0) is 4.79 Å². The van der Waals surface area contributed by atoms with Gasteiger partial charge in [-0.3, -0.25) is 4.79 Å². The molecule has 1 aliphatic rings. The van der Waals surface area contributed by atoms with E-state index in [4.69, 9.17) is 10.8 Å². The van der Waals surface area contributed by atoms with E-state index in [1.165, 1.54) is 32.1 Å². The number of carbonyl (C=O) groups is 1. The van der Waals surface area contributed by atoms with Gasteiger partial charge in [-0.15, -0.1) is 0 Å². The van der Waals surface area contributed by atoms with Crippen LogP contribution < -0.4 is 11.1 Å². The zero-order chi connectivity index (χ0) is 11.1. The van der Waals surface area contributed by atoms with Crippen LogP contribution in [0.15, 0.2) is 0 Å². The molecule has 0 saturated heterocycles. The summed E-state index contributed by atoms with van der Waals surface area (Å²) in [7, 11) is 0. The fourth-order valence-corrected chi connectivity index (χ4v) is 2.11. The maximum atomic E-state index is 10.4. The van der Waals surface area contributed by atoms with E-state index >= 15 is 0 Å². The van der Waals surface area contributed by atoms with Gasteiger partial charge in [0.05, 0.1) is 0 Å². The molecule has 15 heavy (non-hydrogen) atoms. The van der Waals surface area contributed by atoms with E-state index in [0.29, 0.717) is 13.0 Å². The van der Waals surface area contributed by atoms with Gasteiger partial charge in [0.2, 0.25) is 0 Å². The first-order chi connectivity index (χ1) is 7.20. The van der Waals surface area contributed by atoms with Gasteiger partial charge in [0, 0.05) is 0 Å². The molecule has 0 aromatic rings. The third kappa shape index (κ3) is 5.14. The molecule has 4 N–H and O–H groups in total. The van der Waals surface area contributed by atoms with Crippen LogP contribution in [0.4, 0.5) is 0 Å². The molecule has 1 fully saturated rings. The molecule has 0 aliphatic heterocycles. The fraction of sp³-hybridized carbons (Fsp3) is 0.909. The van der Waals surface area contributed by atoms with Crippen molar-refractivity contribution >= 4 is 5.97 Å². The molecule has 4 nitrogen and oxygen atoms in total. The average molecular weight is 214 g/mol. The molecule has 1 rings (SSSR count). The van der Waals surface area contributed by atoms with Gasteiger partial charge in [-0.1, -0.05) is 25.7 Å². The highest BCUT2D eigenvalue weighted by atomic mass is 16.4. The molecule has 0 amide bonds. The maximum absolute atomic E-state index is 10.4. The Kier molecular flexibility index (Phi) is 5.65. The van der Waals surface area contributed by atoms with E-state index < -0.39 is 12.0 Å². The lowest BCUT2D eigenvalue weighted by atomic mass is 10.0. The van der Waals surface area contributed by atoms with Crippen molar-refractivity contribution in [1.82, 2.24) is 5.32 Å². The third-order valence-corrected chi connectivity index (χ3v) is 3.15. The summed E-state index contributed by atoms with van der Waals surface area (Å²) >= 11 is 0. The number of carboxylic acids is 1. The Hall–Kier alpha value is -0.610. The van der Waals surface area contributed by atoms with Crippen molar-refractivity contribution < 1.29 is 9.90 Å². The molecular formula is C11H22N2O2. The lowest BCUT2D eigenvalue weighted by Crippen LogP contribution is -2.34. The molecule has 0 radical (unpaired) electrons. The minimum atomic E-state index is -0.910. The number of nitrogens with one attached hydrogen (secondary N) is 1. The summed E-state index contributed by atoms with van der Waals surface area (Å²) in [6, 6.07) is -0.719. The highest BCUT2D eigenvalue weighted by Crippen LogP contribution is 2.26. The van der Waals surface area contributed by atoms with Crippen molar-refractivity contribution in [1.29, 1.82) is 0 Å². The quantitative estimate of drug-likeness (QED) is 0.552. The molecule has 0 heterocycles. The summed E-state index contributed by atoms with van der Waals surface area (Å²) < 4.78 is 0. The van der Waals surface area contributed by atoms with Gasteiger partial charge in [0.1, 0.15) is 6.04 Å². The van der Waals surface area contributed by atoms with Crippen LogP contribution in [0.3, 0.4) is 0 Å². The van der Waals surface area contributed by atoms with E-state index in [9.17, 15) is 4.79 Å². The second-order valence-corrected chi connectivity index (χ2v) is 4.42. The Morgan fingerprint density at radius 2 is 2.07 bits per heavy atom. The van der Waals surface area contributed by atoms with Crippen LogP contribution in [-0.4, -0.2) is 30.2 Å². The summed E-state index contributed by atoms with van der Waals surface area (Å²) in [5.41, 5.74) is 5.38. The summed E-state index contributed by atoms with van der Waals surface area (Å²) in [5.74, 6) is -0.0155. The predicted molar refractivity (Wildman–Crippen MR) is 59.7 cm³/mol. The topological polar surface area (TPSA) is 75.3 Å². The first-order valence-corrected chi connectivity index (χ1v) is 5.89.